The molecule has 18 heavy (non-hydrogen) atoms. The van der Waals surface area contributed by atoms with Crippen LogP contribution in [0.25, 0.3) is 0 Å². The molecule has 0 aromatic heterocycles. The van der Waals surface area contributed by atoms with E-state index in [-0.39, 0.29) is 18.4 Å². The number of fused-ring (bicyclic) bond motifs is 1. The van der Waals surface area contributed by atoms with Gasteiger partial charge in [-0.2, -0.15) is 0 Å². The largest absolute Gasteiger partial charge is 0.368 e. The van der Waals surface area contributed by atoms with Crippen LogP contribution in [-0.2, 0) is 16.0 Å². The zero-order valence-electron chi connectivity index (χ0n) is 9.66. The van der Waals surface area contributed by atoms with Crippen LogP contribution in [0.1, 0.15) is 22.3 Å². The molecule has 4 N–H and O–H groups in total. The zero-order chi connectivity index (χ0) is 13.1. The molecule has 0 aliphatic carbocycles. The third kappa shape index (κ3) is 2.65. The van der Waals surface area contributed by atoms with Crippen LogP contribution < -0.4 is 16.4 Å². The van der Waals surface area contributed by atoms with Crippen molar-refractivity contribution in [2.24, 2.45) is 5.73 Å². The second-order valence-corrected chi connectivity index (χ2v) is 4.07. The van der Waals surface area contributed by atoms with Crippen molar-refractivity contribution in [3.05, 3.63) is 29.3 Å². The molecule has 6 nitrogen and oxygen atoms in total. The van der Waals surface area contributed by atoms with E-state index < -0.39 is 5.91 Å². The molecule has 1 aliphatic rings. The average Bonchev–Trinajstić information content (AvgIpc) is 2.35. The van der Waals surface area contributed by atoms with Crippen LogP contribution in [0.5, 0.6) is 0 Å². The number of hydrogen-bond donors (Lipinski definition) is 3. The lowest BCUT2D eigenvalue weighted by atomic mass is 10.00. The van der Waals surface area contributed by atoms with E-state index in [9.17, 15) is 14.4 Å². The van der Waals surface area contributed by atoms with Gasteiger partial charge in [0, 0.05) is 17.7 Å². The van der Waals surface area contributed by atoms with Crippen LogP contribution >= 0.6 is 0 Å². The quantitative estimate of drug-likeness (QED) is 0.688. The highest BCUT2D eigenvalue weighted by Gasteiger charge is 2.16. The Hall–Kier alpha value is -2.37. The molecule has 2 rings (SSSR count). The van der Waals surface area contributed by atoms with Crippen LogP contribution in [0, 0.1) is 0 Å². The Bertz CT molecular complexity index is 525. The van der Waals surface area contributed by atoms with Gasteiger partial charge in [-0.05, 0) is 30.2 Å². The van der Waals surface area contributed by atoms with Crippen molar-refractivity contribution in [1.82, 2.24) is 5.32 Å². The first-order valence-corrected chi connectivity index (χ1v) is 5.55. The Morgan fingerprint density at radius 2 is 2.11 bits per heavy atom. The van der Waals surface area contributed by atoms with E-state index in [0.717, 1.165) is 11.3 Å². The van der Waals surface area contributed by atoms with Crippen molar-refractivity contribution in [2.45, 2.75) is 12.8 Å². The van der Waals surface area contributed by atoms with E-state index in [4.69, 9.17) is 5.73 Å². The molecule has 0 unspecified atom stereocenters. The lowest BCUT2D eigenvalue weighted by Gasteiger charge is -2.17. The number of carbonyl (C=O) groups excluding carboxylic acids is 3. The van der Waals surface area contributed by atoms with Gasteiger partial charge in [0.1, 0.15) is 0 Å². The standard InChI is InChI=1S/C12H13N3O3/c13-10(16)6-14-12(18)8-1-3-9-7(5-8)2-4-11(17)15-9/h1,3,5H,2,4,6H2,(H2,13,16)(H,14,18)(H,15,17). The molecule has 0 saturated carbocycles. The SMILES string of the molecule is NC(=O)CNC(=O)c1ccc2c(c1)CCC(=O)N2. The molecule has 0 bridgehead atoms. The summed E-state index contributed by atoms with van der Waals surface area (Å²) in [6, 6.07) is 5.00. The number of nitrogens with two attached hydrogens (primary N) is 1. The van der Waals surface area contributed by atoms with Crippen LogP contribution in [0.2, 0.25) is 0 Å². The van der Waals surface area contributed by atoms with E-state index >= 15 is 0 Å². The molecule has 0 saturated heterocycles. The Labute approximate surface area is 104 Å². The lowest BCUT2D eigenvalue weighted by molar-refractivity contribution is -0.117. The normalized spacial score (nSPS) is 13.4. The Morgan fingerprint density at radius 3 is 2.83 bits per heavy atom. The maximum atomic E-state index is 11.7. The van der Waals surface area contributed by atoms with Crippen molar-refractivity contribution in [2.75, 3.05) is 11.9 Å². The molecule has 0 fully saturated rings. The zero-order valence-corrected chi connectivity index (χ0v) is 9.66. The summed E-state index contributed by atoms with van der Waals surface area (Å²) in [7, 11) is 0. The summed E-state index contributed by atoms with van der Waals surface area (Å²) in [5.74, 6) is -0.962. The number of amides is 3. The second-order valence-electron chi connectivity index (χ2n) is 4.07. The van der Waals surface area contributed by atoms with Gasteiger partial charge in [-0.1, -0.05) is 0 Å². The van der Waals surface area contributed by atoms with Gasteiger partial charge in [0.2, 0.25) is 11.8 Å². The molecular weight excluding hydrogens is 234 g/mol. The predicted molar refractivity (Wildman–Crippen MR) is 64.9 cm³/mol. The van der Waals surface area contributed by atoms with Gasteiger partial charge in [0.05, 0.1) is 6.54 Å². The van der Waals surface area contributed by atoms with Gasteiger partial charge in [-0.15, -0.1) is 0 Å². The fourth-order valence-corrected chi connectivity index (χ4v) is 1.79. The molecule has 0 radical (unpaired) electrons. The van der Waals surface area contributed by atoms with Gasteiger partial charge < -0.3 is 16.4 Å². The van der Waals surface area contributed by atoms with Crippen LogP contribution in [0.3, 0.4) is 0 Å². The highest BCUT2D eigenvalue weighted by atomic mass is 16.2. The molecule has 0 spiro atoms. The minimum atomic E-state index is -0.589. The number of aryl methyl sites for hydroxylation is 1. The topological polar surface area (TPSA) is 101 Å². The predicted octanol–water partition coefficient (Wildman–Crippen LogP) is -0.214. The number of benzene rings is 1. The third-order valence-corrected chi connectivity index (χ3v) is 2.69. The van der Waals surface area contributed by atoms with Gasteiger partial charge in [0.25, 0.3) is 5.91 Å². The van der Waals surface area contributed by atoms with Crippen molar-refractivity contribution in [3.63, 3.8) is 0 Å². The maximum absolute atomic E-state index is 11.7. The average molecular weight is 247 g/mol. The molecule has 1 aliphatic heterocycles. The first-order valence-electron chi connectivity index (χ1n) is 5.55. The fourth-order valence-electron chi connectivity index (χ4n) is 1.79. The number of carbonyl (C=O) groups is 3. The van der Waals surface area contributed by atoms with Crippen LogP contribution in [0.15, 0.2) is 18.2 Å². The summed E-state index contributed by atoms with van der Waals surface area (Å²) in [6.07, 6.45) is 1.03. The molecule has 1 aromatic rings. The number of anilines is 1. The first kappa shape index (κ1) is 12.1. The highest BCUT2D eigenvalue weighted by molar-refractivity contribution is 5.99. The van der Waals surface area contributed by atoms with Gasteiger partial charge in [-0.3, -0.25) is 14.4 Å². The summed E-state index contributed by atoms with van der Waals surface area (Å²) in [4.78, 5) is 33.4. The molecule has 94 valence electrons. The summed E-state index contributed by atoms with van der Waals surface area (Å²) in [5.41, 5.74) is 7.05. The molecule has 3 amide bonds. The van der Waals surface area contributed by atoms with E-state index in [0.29, 0.717) is 18.4 Å². The minimum absolute atomic E-state index is 0.0200. The first-order chi connectivity index (χ1) is 8.56. The number of primary amides is 1. The van der Waals surface area contributed by atoms with Crippen molar-refractivity contribution >= 4 is 23.4 Å². The summed E-state index contributed by atoms with van der Waals surface area (Å²) in [5, 5.41) is 5.14. The monoisotopic (exact) mass is 247 g/mol. The second kappa shape index (κ2) is 4.87. The third-order valence-electron chi connectivity index (χ3n) is 2.69. The Kier molecular flexibility index (Phi) is 3.27. The highest BCUT2D eigenvalue weighted by Crippen LogP contribution is 2.23. The Balaban J connectivity index is 2.13. The molecule has 6 heteroatoms. The molecule has 0 atom stereocenters. The number of hydrogen-bond acceptors (Lipinski definition) is 3. The van der Waals surface area contributed by atoms with Crippen LogP contribution in [0.4, 0.5) is 5.69 Å². The van der Waals surface area contributed by atoms with E-state index in [1.165, 1.54) is 0 Å². The summed E-state index contributed by atoms with van der Waals surface area (Å²) < 4.78 is 0. The van der Waals surface area contributed by atoms with Crippen molar-refractivity contribution < 1.29 is 14.4 Å². The number of nitrogens with one attached hydrogen (secondary N) is 2. The van der Waals surface area contributed by atoms with Gasteiger partial charge in [-0.25, -0.2) is 0 Å². The van der Waals surface area contributed by atoms with Gasteiger partial charge in [0.15, 0.2) is 0 Å². The van der Waals surface area contributed by atoms with Crippen molar-refractivity contribution in [1.29, 1.82) is 0 Å². The molecule has 1 heterocycles. The van der Waals surface area contributed by atoms with Gasteiger partial charge >= 0.3 is 0 Å². The maximum Gasteiger partial charge on any atom is 0.251 e. The van der Waals surface area contributed by atoms with E-state index in [1.807, 2.05) is 0 Å². The van der Waals surface area contributed by atoms with E-state index in [1.54, 1.807) is 18.2 Å². The Morgan fingerprint density at radius 1 is 1.33 bits per heavy atom. The van der Waals surface area contributed by atoms with Crippen molar-refractivity contribution in [3.8, 4) is 0 Å². The lowest BCUT2D eigenvalue weighted by Crippen LogP contribution is -2.33. The fraction of sp³-hybridized carbons (Fsp3) is 0.250. The summed E-state index contributed by atoms with van der Waals surface area (Å²) in [6.45, 7) is -0.188. The molecule has 1 aromatic carbocycles. The van der Waals surface area contributed by atoms with E-state index in [2.05, 4.69) is 10.6 Å². The number of rotatable bonds is 3. The minimum Gasteiger partial charge on any atom is -0.368 e. The molecular formula is C12H13N3O3. The smallest absolute Gasteiger partial charge is 0.251 e. The summed E-state index contributed by atoms with van der Waals surface area (Å²) >= 11 is 0. The van der Waals surface area contributed by atoms with Crippen LogP contribution in [-0.4, -0.2) is 24.3 Å².